The molecule has 1 aliphatic rings. The summed E-state index contributed by atoms with van der Waals surface area (Å²) >= 11 is 0. The number of hydrogen-bond acceptors (Lipinski definition) is 8. The first-order valence-corrected chi connectivity index (χ1v) is 11.5. The minimum atomic E-state index is -2.41. The van der Waals surface area contributed by atoms with Crippen LogP contribution < -0.4 is 4.90 Å². The van der Waals surface area contributed by atoms with Crippen LogP contribution in [0.15, 0.2) is 28.8 Å². The van der Waals surface area contributed by atoms with Gasteiger partial charge < -0.3 is 14.6 Å². The quantitative estimate of drug-likeness (QED) is 0.703. The number of pyridine rings is 1. The van der Waals surface area contributed by atoms with E-state index < -0.39 is 9.73 Å². The molecule has 0 amide bonds. The Morgan fingerprint density at radius 2 is 2.17 bits per heavy atom. The number of nitrogens with one attached hydrogen (secondary N) is 1. The van der Waals surface area contributed by atoms with Crippen molar-refractivity contribution in [3.05, 3.63) is 30.1 Å². The van der Waals surface area contributed by atoms with Crippen molar-refractivity contribution in [2.45, 2.75) is 13.0 Å². The highest BCUT2D eigenvalue weighted by Gasteiger charge is 2.23. The predicted octanol–water partition coefficient (Wildman–Crippen LogP) is 2.48. The van der Waals surface area contributed by atoms with E-state index in [1.54, 1.807) is 30.8 Å². The fourth-order valence-electron chi connectivity index (χ4n) is 3.31. The zero-order valence-electron chi connectivity index (χ0n) is 16.4. The molecule has 1 N–H and O–H groups in total. The Bertz CT molecular complexity index is 1230. The molecule has 4 rings (SSSR count). The third-order valence-corrected chi connectivity index (χ3v) is 5.19. The van der Waals surface area contributed by atoms with E-state index in [0.29, 0.717) is 48.4 Å². The second-order valence-electron chi connectivity index (χ2n) is 7.20. The standard InChI is InChI=1S/C19H21N7O2S/c1-12-11-28-7-6-26(12)17-9-16(25-29(2,3)27)23-19(24-17)15-8-13(10-20)22-18-14(15)4-5-21-18/h4-5,8-9,12H,6-7,11H2,1-3H3,(H,21,22). The molecule has 9 nitrogen and oxygen atoms in total. The van der Waals surface area contributed by atoms with Gasteiger partial charge in [-0.25, -0.2) is 19.2 Å². The average molecular weight is 411 g/mol. The van der Waals surface area contributed by atoms with E-state index in [4.69, 9.17) is 9.72 Å². The molecule has 29 heavy (non-hydrogen) atoms. The van der Waals surface area contributed by atoms with Crippen LogP contribution in [0, 0.1) is 11.3 Å². The Morgan fingerprint density at radius 3 is 2.90 bits per heavy atom. The number of aromatic nitrogens is 4. The van der Waals surface area contributed by atoms with Gasteiger partial charge in [-0.1, -0.05) is 0 Å². The molecule has 1 saturated heterocycles. The number of anilines is 1. The molecule has 0 bridgehead atoms. The molecule has 0 aliphatic carbocycles. The monoisotopic (exact) mass is 411 g/mol. The van der Waals surface area contributed by atoms with Crippen LogP contribution in [-0.2, 0) is 14.5 Å². The van der Waals surface area contributed by atoms with Gasteiger partial charge in [-0.15, -0.1) is 0 Å². The fourth-order valence-corrected chi connectivity index (χ4v) is 3.85. The van der Waals surface area contributed by atoms with Crippen LogP contribution >= 0.6 is 0 Å². The fraction of sp³-hybridized carbons (Fsp3) is 0.368. The highest BCUT2D eigenvalue weighted by molar-refractivity contribution is 7.92. The Balaban J connectivity index is 1.95. The number of rotatable bonds is 3. The van der Waals surface area contributed by atoms with Crippen LogP contribution in [-0.4, -0.2) is 62.5 Å². The zero-order chi connectivity index (χ0) is 20.6. The number of H-pyrrole nitrogens is 1. The van der Waals surface area contributed by atoms with Crippen molar-refractivity contribution in [1.82, 2.24) is 19.9 Å². The first-order valence-electron chi connectivity index (χ1n) is 9.13. The normalized spacial score (nSPS) is 17.3. The second kappa shape index (κ2) is 7.42. The molecule has 1 fully saturated rings. The molecule has 0 spiro atoms. The number of morpholine rings is 1. The van der Waals surface area contributed by atoms with Gasteiger partial charge in [-0.3, -0.25) is 0 Å². The van der Waals surface area contributed by atoms with Crippen LogP contribution in [0.25, 0.3) is 22.4 Å². The number of nitrogens with zero attached hydrogens (tertiary/aromatic N) is 6. The summed E-state index contributed by atoms with van der Waals surface area (Å²) in [5.74, 6) is 1.44. The van der Waals surface area contributed by atoms with E-state index in [9.17, 15) is 9.47 Å². The van der Waals surface area contributed by atoms with Crippen molar-refractivity contribution in [1.29, 1.82) is 5.26 Å². The van der Waals surface area contributed by atoms with Crippen molar-refractivity contribution in [2.75, 3.05) is 37.2 Å². The van der Waals surface area contributed by atoms with Gasteiger partial charge in [0.1, 0.15) is 23.2 Å². The van der Waals surface area contributed by atoms with E-state index in [1.807, 2.05) is 6.07 Å². The molecular formula is C19H21N7O2S. The van der Waals surface area contributed by atoms with Crippen molar-refractivity contribution in [3.63, 3.8) is 0 Å². The smallest absolute Gasteiger partial charge is 0.167 e. The largest absolute Gasteiger partial charge is 0.377 e. The Hall–Kier alpha value is -3.03. The Kier molecular flexibility index (Phi) is 4.94. The van der Waals surface area contributed by atoms with Crippen molar-refractivity contribution >= 4 is 32.4 Å². The average Bonchev–Trinajstić information content (AvgIpc) is 3.14. The SMILES string of the molecule is CC1COCCN1c1cc(N=S(C)(C)=O)nc(-c2cc(C#N)nc3[nH]ccc23)n1. The molecule has 0 saturated carbocycles. The number of nitriles is 1. The summed E-state index contributed by atoms with van der Waals surface area (Å²) in [4.78, 5) is 18.7. The molecule has 0 radical (unpaired) electrons. The molecule has 3 aromatic heterocycles. The van der Waals surface area contributed by atoms with Gasteiger partial charge in [0, 0.05) is 52.0 Å². The van der Waals surface area contributed by atoms with Gasteiger partial charge in [0.2, 0.25) is 0 Å². The number of aromatic amines is 1. The van der Waals surface area contributed by atoms with Gasteiger partial charge in [0.15, 0.2) is 11.6 Å². The molecule has 4 heterocycles. The molecule has 0 aromatic carbocycles. The number of fused-ring (bicyclic) bond motifs is 1. The zero-order valence-corrected chi connectivity index (χ0v) is 17.2. The predicted molar refractivity (Wildman–Crippen MR) is 112 cm³/mol. The van der Waals surface area contributed by atoms with Crippen molar-refractivity contribution in [2.24, 2.45) is 4.36 Å². The maximum Gasteiger partial charge on any atom is 0.167 e. The first kappa shape index (κ1) is 19.3. The summed E-state index contributed by atoms with van der Waals surface area (Å²) in [5, 5.41) is 10.2. The maximum absolute atomic E-state index is 12.3. The minimum Gasteiger partial charge on any atom is -0.377 e. The summed E-state index contributed by atoms with van der Waals surface area (Å²) < 4.78 is 22.1. The van der Waals surface area contributed by atoms with E-state index in [1.165, 1.54) is 0 Å². The third-order valence-electron chi connectivity index (χ3n) is 4.56. The first-order chi connectivity index (χ1) is 13.8. The van der Waals surface area contributed by atoms with Crippen LogP contribution in [0.3, 0.4) is 0 Å². The molecule has 10 heteroatoms. The van der Waals surface area contributed by atoms with E-state index >= 15 is 0 Å². The summed E-state index contributed by atoms with van der Waals surface area (Å²) in [6, 6.07) is 7.48. The lowest BCUT2D eigenvalue weighted by atomic mass is 10.1. The van der Waals surface area contributed by atoms with Crippen LogP contribution in [0.5, 0.6) is 0 Å². The molecule has 1 aliphatic heterocycles. The lowest BCUT2D eigenvalue weighted by molar-refractivity contribution is 0.0985. The lowest BCUT2D eigenvalue weighted by Gasteiger charge is -2.34. The van der Waals surface area contributed by atoms with Crippen molar-refractivity contribution in [3.8, 4) is 17.5 Å². The highest BCUT2D eigenvalue weighted by Crippen LogP contribution is 2.30. The number of hydrogen-bond donors (Lipinski definition) is 1. The molecule has 3 aromatic rings. The third kappa shape index (κ3) is 4.06. The minimum absolute atomic E-state index is 0.131. The molecule has 150 valence electrons. The van der Waals surface area contributed by atoms with Gasteiger partial charge in [-0.2, -0.15) is 9.62 Å². The van der Waals surface area contributed by atoms with Gasteiger partial charge in [0.05, 0.1) is 19.3 Å². The molecule has 1 unspecified atom stereocenters. The Labute approximate surface area is 168 Å². The molecular weight excluding hydrogens is 390 g/mol. The summed E-state index contributed by atoms with van der Waals surface area (Å²) in [6.45, 7) is 3.94. The summed E-state index contributed by atoms with van der Waals surface area (Å²) in [7, 11) is -2.41. The summed E-state index contributed by atoms with van der Waals surface area (Å²) in [5.41, 5.74) is 1.52. The summed E-state index contributed by atoms with van der Waals surface area (Å²) in [6.07, 6.45) is 4.89. The van der Waals surface area contributed by atoms with Crippen molar-refractivity contribution < 1.29 is 8.95 Å². The lowest BCUT2D eigenvalue weighted by Crippen LogP contribution is -2.44. The van der Waals surface area contributed by atoms with Crippen LogP contribution in [0.2, 0.25) is 0 Å². The van der Waals surface area contributed by atoms with Gasteiger partial charge in [-0.05, 0) is 19.1 Å². The van der Waals surface area contributed by atoms with Crippen LogP contribution in [0.4, 0.5) is 11.6 Å². The highest BCUT2D eigenvalue weighted by atomic mass is 32.2. The molecule has 1 atom stereocenters. The van der Waals surface area contributed by atoms with E-state index in [-0.39, 0.29) is 11.7 Å². The topological polar surface area (TPSA) is 120 Å². The number of ether oxygens (including phenoxy) is 1. The van der Waals surface area contributed by atoms with Crippen LogP contribution in [0.1, 0.15) is 12.6 Å². The van der Waals surface area contributed by atoms with E-state index in [0.717, 1.165) is 5.39 Å². The maximum atomic E-state index is 12.3. The van der Waals surface area contributed by atoms with Gasteiger partial charge in [0.25, 0.3) is 0 Å². The van der Waals surface area contributed by atoms with Gasteiger partial charge >= 0.3 is 0 Å². The second-order valence-corrected chi connectivity index (χ2v) is 9.75. The van der Waals surface area contributed by atoms with E-state index in [2.05, 4.69) is 37.2 Å². The Morgan fingerprint density at radius 1 is 1.34 bits per heavy atom.